The zero-order chi connectivity index (χ0) is 46.4. The largest absolute Gasteiger partial charge is 0.493 e. The van der Waals surface area contributed by atoms with Gasteiger partial charge in [-0.3, -0.25) is 4.79 Å². The molecule has 2 N–H and O–H groups in total. The number of hydrogen-bond acceptors (Lipinski definition) is 10. The van der Waals surface area contributed by atoms with Gasteiger partial charge < -0.3 is 38.9 Å². The van der Waals surface area contributed by atoms with Crippen LogP contribution in [0.2, 0.25) is 0 Å². The highest BCUT2D eigenvalue weighted by Crippen LogP contribution is 2.62. The summed E-state index contributed by atoms with van der Waals surface area (Å²) in [5.41, 5.74) is 2.93. The molecule has 6 rings (SSSR count). The fraction of sp³-hybridized carbons (Fsp3) is 0.673. The van der Waals surface area contributed by atoms with Crippen LogP contribution in [0.25, 0.3) is 0 Å². The monoisotopic (exact) mass is 931 g/mol. The van der Waals surface area contributed by atoms with E-state index in [1.807, 2.05) is 18.2 Å². The maximum atomic E-state index is 14.9. The van der Waals surface area contributed by atoms with Gasteiger partial charge in [-0.1, -0.05) is 114 Å². The molecule has 66 heavy (non-hydrogen) atoms. The second-order valence-electron chi connectivity index (χ2n) is 18.8. The Morgan fingerprint density at radius 1 is 0.924 bits per heavy atom. The predicted octanol–water partition coefficient (Wildman–Crippen LogP) is 12.2. The summed E-state index contributed by atoms with van der Waals surface area (Å²) in [5, 5.41) is 25.1. The molecule has 1 amide bonds. The van der Waals surface area contributed by atoms with Gasteiger partial charge in [-0.05, 0) is 99.1 Å². The van der Waals surface area contributed by atoms with Crippen LogP contribution in [0.15, 0.2) is 82.9 Å². The summed E-state index contributed by atoms with van der Waals surface area (Å²) in [6.45, 7) is 10.8. The van der Waals surface area contributed by atoms with Crippen molar-refractivity contribution >= 4 is 23.4 Å². The Morgan fingerprint density at radius 2 is 1.68 bits per heavy atom. The molecule has 0 radical (unpaired) electrons. The molecule has 11 heteroatoms. The van der Waals surface area contributed by atoms with E-state index >= 15 is 0 Å². The summed E-state index contributed by atoms with van der Waals surface area (Å²) in [7, 11) is 0. The smallest absolute Gasteiger partial charge is 0.239 e. The molecule has 0 bridgehead atoms. The number of amides is 1. The Balaban J connectivity index is 1.42. The van der Waals surface area contributed by atoms with Crippen LogP contribution in [-0.4, -0.2) is 90.2 Å². The van der Waals surface area contributed by atoms with Crippen LogP contribution in [0, 0.1) is 17.8 Å². The minimum Gasteiger partial charge on any atom is -0.493 e. The number of benzene rings is 2. The number of hydrogen-bond donors (Lipinski definition) is 2. The molecule has 366 valence electrons. The van der Waals surface area contributed by atoms with Crippen LogP contribution in [0.1, 0.15) is 160 Å². The normalized spacial score (nSPS) is 25.0. The first-order valence-corrected chi connectivity index (χ1v) is 26.9. The molecular weight excluding hydrogens is 849 g/mol. The zero-order valence-corrected chi connectivity index (χ0v) is 41.2. The molecule has 1 unspecified atom stereocenters. The highest BCUT2D eigenvalue weighted by Gasteiger charge is 2.65. The number of nitrogens with zero attached hydrogens (tertiary/aromatic N) is 2. The van der Waals surface area contributed by atoms with Crippen LogP contribution in [-0.2, 0) is 19.1 Å². The molecule has 1 saturated heterocycles. The van der Waals surface area contributed by atoms with E-state index in [1.165, 1.54) is 43.4 Å². The lowest BCUT2D eigenvalue weighted by Gasteiger charge is -2.60. The van der Waals surface area contributed by atoms with Crippen LogP contribution >= 0.6 is 11.8 Å². The number of aliphatic hydroxyl groups excluding tert-OH is 2. The van der Waals surface area contributed by atoms with Gasteiger partial charge in [-0.25, -0.2) is 0 Å². The van der Waals surface area contributed by atoms with Gasteiger partial charge in [0.15, 0.2) is 0 Å². The number of oxime groups is 1. The average Bonchev–Trinajstić information content (AvgIpc) is 3.34. The second kappa shape index (κ2) is 28.2. The average molecular weight is 931 g/mol. The summed E-state index contributed by atoms with van der Waals surface area (Å²) in [6.07, 6.45) is 23.8. The second-order valence-corrected chi connectivity index (χ2v) is 20.0. The van der Waals surface area contributed by atoms with Crippen LogP contribution in [0.4, 0.5) is 0 Å². The molecule has 10 nitrogen and oxygen atoms in total. The number of carbonyl (C=O) groups excluding carboxylic acids is 1. The molecule has 1 saturated carbocycles. The van der Waals surface area contributed by atoms with Crippen molar-refractivity contribution in [2.75, 3.05) is 45.3 Å². The molecule has 2 aromatic carbocycles. The number of thioether (sulfide) groups is 1. The number of ether oxygens (including phenoxy) is 4. The first-order chi connectivity index (χ1) is 32.5. The van der Waals surface area contributed by atoms with Gasteiger partial charge in [0.1, 0.15) is 17.5 Å². The molecule has 4 aliphatic rings. The summed E-state index contributed by atoms with van der Waals surface area (Å²) in [6, 6.07) is 16.1. The third-order valence-corrected chi connectivity index (χ3v) is 15.1. The van der Waals surface area contributed by atoms with Crippen molar-refractivity contribution in [1.82, 2.24) is 4.90 Å². The lowest BCUT2D eigenvalue weighted by molar-refractivity contribution is -0.257. The van der Waals surface area contributed by atoms with E-state index in [2.05, 4.69) is 61.7 Å². The van der Waals surface area contributed by atoms with E-state index in [9.17, 15) is 15.0 Å². The van der Waals surface area contributed by atoms with Crippen molar-refractivity contribution in [3.05, 3.63) is 78.4 Å². The van der Waals surface area contributed by atoms with Crippen LogP contribution in [0.5, 0.6) is 11.5 Å². The van der Waals surface area contributed by atoms with Crippen molar-refractivity contribution < 1.29 is 38.8 Å². The van der Waals surface area contributed by atoms with E-state index < -0.39 is 18.1 Å². The SMILES string of the molecule is C=CCO[C@@]12Oc3ccc(OCCSc4ccccc4)cc3[C@H]3[C@H](CCCCO)[C@@H](CCCCO)C=C(C(=NOC4CCCCO4)C[C@@H]1N(CCC)C(=O)CCCCCCCCCCC)[C@H]32. The van der Waals surface area contributed by atoms with Crippen molar-refractivity contribution in [3.8, 4) is 11.5 Å². The Morgan fingerprint density at radius 3 is 2.39 bits per heavy atom. The van der Waals surface area contributed by atoms with E-state index in [0.717, 1.165) is 111 Å². The van der Waals surface area contributed by atoms with Gasteiger partial charge in [0.2, 0.25) is 18.0 Å². The van der Waals surface area contributed by atoms with Crippen molar-refractivity contribution in [2.45, 2.75) is 178 Å². The number of unbranched alkanes of at least 4 members (excludes halogenated alkanes) is 10. The summed E-state index contributed by atoms with van der Waals surface area (Å²) in [4.78, 5) is 24.5. The minimum atomic E-state index is -1.26. The number of carbonyl (C=O) groups is 1. The van der Waals surface area contributed by atoms with Crippen LogP contribution < -0.4 is 9.47 Å². The molecule has 2 aliphatic carbocycles. The number of rotatable bonds is 31. The first-order valence-electron chi connectivity index (χ1n) is 25.9. The number of fused-ring (bicyclic) bond motifs is 2. The Hall–Kier alpha value is -3.35. The van der Waals surface area contributed by atoms with Gasteiger partial charge in [0.05, 0.1) is 31.5 Å². The van der Waals surface area contributed by atoms with Gasteiger partial charge in [-0.15, -0.1) is 18.3 Å². The minimum absolute atomic E-state index is 0.103. The third kappa shape index (κ3) is 14.1. The van der Waals surface area contributed by atoms with Crippen molar-refractivity contribution in [1.29, 1.82) is 0 Å². The quantitative estimate of drug-likeness (QED) is 0.0330. The van der Waals surface area contributed by atoms with Gasteiger partial charge in [0, 0.05) is 61.2 Å². The van der Waals surface area contributed by atoms with Gasteiger partial charge in [0.25, 0.3) is 0 Å². The summed E-state index contributed by atoms with van der Waals surface area (Å²) in [5.74, 6) is 1.03. The number of aliphatic hydroxyl groups is 2. The first kappa shape index (κ1) is 52.0. The topological polar surface area (TPSA) is 119 Å². The van der Waals surface area contributed by atoms with Crippen molar-refractivity contribution in [2.24, 2.45) is 22.9 Å². The lowest BCUT2D eigenvalue weighted by Crippen LogP contribution is -2.70. The molecule has 2 aromatic rings. The predicted molar refractivity (Wildman–Crippen MR) is 266 cm³/mol. The van der Waals surface area contributed by atoms with Crippen LogP contribution in [0.3, 0.4) is 0 Å². The fourth-order valence-electron chi connectivity index (χ4n) is 10.9. The van der Waals surface area contributed by atoms with E-state index in [-0.39, 0.29) is 49.4 Å². The zero-order valence-electron chi connectivity index (χ0n) is 40.4. The number of allylic oxidation sites excluding steroid dienone is 1. The highest BCUT2D eigenvalue weighted by molar-refractivity contribution is 7.99. The summed E-state index contributed by atoms with van der Waals surface area (Å²) >= 11 is 1.78. The molecule has 2 aliphatic heterocycles. The molecule has 7 atom stereocenters. The van der Waals surface area contributed by atoms with E-state index in [1.54, 1.807) is 17.8 Å². The Labute approximate surface area is 401 Å². The molecule has 0 spiro atoms. The molecule has 0 aromatic heterocycles. The third-order valence-electron chi connectivity index (χ3n) is 14.1. The highest BCUT2D eigenvalue weighted by atomic mass is 32.2. The van der Waals surface area contributed by atoms with E-state index in [0.29, 0.717) is 39.0 Å². The Bertz CT molecular complexity index is 1800. The maximum absolute atomic E-state index is 14.9. The van der Waals surface area contributed by atoms with Crippen molar-refractivity contribution in [3.63, 3.8) is 0 Å². The Kier molecular flexibility index (Phi) is 22.2. The fourth-order valence-corrected chi connectivity index (χ4v) is 11.7. The lowest BCUT2D eigenvalue weighted by atomic mass is 9.55. The maximum Gasteiger partial charge on any atom is 0.239 e. The summed E-state index contributed by atoms with van der Waals surface area (Å²) < 4.78 is 27.3. The van der Waals surface area contributed by atoms with E-state index in [4.69, 9.17) is 28.9 Å². The standard InChI is InChI=1S/C55H82N2O8S/c1-4-7-8-9-10-11-12-13-17-28-51(60)57(32-5-2)50-41-48(56-65-52-29-20-23-36-62-52)46-39-42(24-18-21-33-58)45(27-19-22-34-59)53-47-40-43(61-37-38-66-44-25-15-14-16-26-44)30-31-49(47)64-55(50,54(46)53)63-35-6-3/h6,14-16,25-26,30-31,39-40,42,45,50,52-54,58-59H,3-5,7-13,17-24,27-29,32-38,41H2,1-2H3/t42-,45+,50-,52?,53+,54+,55+/m0/s1. The van der Waals surface area contributed by atoms with Gasteiger partial charge >= 0.3 is 0 Å². The molecular formula is C55H82N2O8S. The molecule has 2 fully saturated rings. The van der Waals surface area contributed by atoms with Gasteiger partial charge in [-0.2, -0.15) is 0 Å². The molecule has 2 heterocycles.